The molecule has 0 aliphatic carbocycles. The van der Waals surface area contributed by atoms with Gasteiger partial charge in [-0.3, -0.25) is 10.1 Å². The number of carbonyl (C=O) groups excluding carboxylic acids is 1. The number of rotatable bonds is 9. The van der Waals surface area contributed by atoms with Crippen molar-refractivity contribution in [1.82, 2.24) is 4.98 Å². The first-order valence-electron chi connectivity index (χ1n) is 9.24. The van der Waals surface area contributed by atoms with Gasteiger partial charge >= 0.3 is 0 Å². The van der Waals surface area contributed by atoms with Gasteiger partial charge in [0.1, 0.15) is 24.2 Å². The number of aryl methyl sites for hydroxylation is 1. The zero-order valence-electron chi connectivity index (χ0n) is 16.7. The average Bonchev–Trinajstić information content (AvgIpc) is 3.20. The van der Waals surface area contributed by atoms with Gasteiger partial charge in [-0.2, -0.15) is 0 Å². The van der Waals surface area contributed by atoms with Crippen LogP contribution >= 0.6 is 11.3 Å². The number of hydrogen-bond acceptors (Lipinski definition) is 6. The summed E-state index contributed by atoms with van der Waals surface area (Å²) in [5.41, 5.74) is 2.66. The molecule has 0 unspecified atom stereocenters. The molecule has 1 amide bonds. The topological polar surface area (TPSA) is 69.7 Å². The first-order chi connectivity index (χ1) is 14.0. The van der Waals surface area contributed by atoms with Crippen molar-refractivity contribution in [1.29, 1.82) is 0 Å². The van der Waals surface area contributed by atoms with Crippen LogP contribution in [-0.2, 0) is 11.3 Å². The summed E-state index contributed by atoms with van der Waals surface area (Å²) in [5, 5.41) is 5.13. The van der Waals surface area contributed by atoms with Gasteiger partial charge in [0.15, 0.2) is 5.13 Å². The third-order valence-electron chi connectivity index (χ3n) is 4.19. The van der Waals surface area contributed by atoms with Gasteiger partial charge in [0.2, 0.25) is 0 Å². The third kappa shape index (κ3) is 6.04. The fraction of sp³-hybridized carbons (Fsp3) is 0.273. The number of anilines is 1. The summed E-state index contributed by atoms with van der Waals surface area (Å²) in [5.74, 6) is 0.825. The zero-order valence-corrected chi connectivity index (χ0v) is 17.5. The maximum atomic E-state index is 12.7. The van der Waals surface area contributed by atoms with Crippen molar-refractivity contribution in [2.45, 2.75) is 26.6 Å². The SMILES string of the molecule is COC[C@H](C)Oc1cc(OCc2ccccc2C)cc(C(=O)Nc2nccs2)c1. The normalized spacial score (nSPS) is 11.7. The second-order valence-corrected chi connectivity index (χ2v) is 7.48. The summed E-state index contributed by atoms with van der Waals surface area (Å²) in [6.07, 6.45) is 1.48. The number of amides is 1. The molecule has 0 aliphatic rings. The number of thiazole rings is 1. The van der Waals surface area contributed by atoms with E-state index < -0.39 is 0 Å². The minimum atomic E-state index is -0.273. The van der Waals surface area contributed by atoms with E-state index in [0.717, 1.165) is 11.1 Å². The van der Waals surface area contributed by atoms with Crippen molar-refractivity contribution in [3.8, 4) is 11.5 Å². The highest BCUT2D eigenvalue weighted by molar-refractivity contribution is 7.13. The van der Waals surface area contributed by atoms with E-state index >= 15 is 0 Å². The lowest BCUT2D eigenvalue weighted by atomic mass is 10.1. The van der Waals surface area contributed by atoms with E-state index in [2.05, 4.69) is 10.3 Å². The average molecular weight is 413 g/mol. The summed E-state index contributed by atoms with van der Waals surface area (Å²) >= 11 is 1.36. The van der Waals surface area contributed by atoms with E-state index in [-0.39, 0.29) is 12.0 Å². The van der Waals surface area contributed by atoms with Crippen LogP contribution in [0.3, 0.4) is 0 Å². The third-order valence-corrected chi connectivity index (χ3v) is 4.88. The molecule has 29 heavy (non-hydrogen) atoms. The Bertz CT molecular complexity index is 944. The van der Waals surface area contributed by atoms with Crippen molar-refractivity contribution >= 4 is 22.4 Å². The Hall–Kier alpha value is -2.90. The number of nitrogens with one attached hydrogen (secondary N) is 1. The number of ether oxygens (including phenoxy) is 3. The summed E-state index contributed by atoms with van der Waals surface area (Å²) in [6.45, 7) is 4.78. The maximum Gasteiger partial charge on any atom is 0.257 e. The number of benzene rings is 2. The molecule has 6 nitrogen and oxygen atoms in total. The molecule has 0 radical (unpaired) electrons. The Labute approximate surface area is 174 Å². The van der Waals surface area contributed by atoms with Crippen LogP contribution in [0, 0.1) is 6.92 Å². The maximum absolute atomic E-state index is 12.7. The van der Waals surface area contributed by atoms with Gasteiger partial charge < -0.3 is 14.2 Å². The summed E-state index contributed by atoms with van der Waals surface area (Å²) in [7, 11) is 1.62. The highest BCUT2D eigenvalue weighted by Gasteiger charge is 2.14. The molecule has 3 rings (SSSR count). The standard InChI is InChI=1S/C22H24N2O4S/c1-15-6-4-5-7-17(15)14-27-19-10-18(21(25)24-22-23-8-9-29-22)11-20(12-19)28-16(2)13-26-3/h4-12,16H,13-14H2,1-3H3,(H,23,24,25)/t16-/m0/s1. The zero-order chi connectivity index (χ0) is 20.6. The smallest absolute Gasteiger partial charge is 0.257 e. The first-order valence-corrected chi connectivity index (χ1v) is 10.1. The fourth-order valence-electron chi connectivity index (χ4n) is 2.74. The highest BCUT2D eigenvalue weighted by atomic mass is 32.1. The number of hydrogen-bond donors (Lipinski definition) is 1. The van der Waals surface area contributed by atoms with Gasteiger partial charge in [-0.05, 0) is 37.1 Å². The molecule has 1 N–H and O–H groups in total. The summed E-state index contributed by atoms with van der Waals surface area (Å²) in [6, 6.07) is 13.2. The van der Waals surface area contributed by atoms with E-state index in [9.17, 15) is 4.79 Å². The van der Waals surface area contributed by atoms with E-state index in [0.29, 0.717) is 35.4 Å². The molecule has 0 saturated carbocycles. The van der Waals surface area contributed by atoms with Crippen LogP contribution < -0.4 is 14.8 Å². The number of nitrogens with zero attached hydrogens (tertiary/aromatic N) is 1. The van der Waals surface area contributed by atoms with Crippen molar-refractivity contribution in [2.24, 2.45) is 0 Å². The fourth-order valence-corrected chi connectivity index (χ4v) is 3.27. The van der Waals surface area contributed by atoms with Crippen LogP contribution in [-0.4, -0.2) is 30.7 Å². The van der Waals surface area contributed by atoms with E-state index in [1.165, 1.54) is 11.3 Å². The Kier molecular flexibility index (Phi) is 7.21. The first kappa shape index (κ1) is 20.8. The molecule has 7 heteroatoms. The van der Waals surface area contributed by atoms with Gasteiger partial charge in [0.25, 0.3) is 5.91 Å². The predicted octanol–water partition coefficient (Wildman–Crippen LogP) is 4.70. The number of methoxy groups -OCH3 is 1. The monoisotopic (exact) mass is 412 g/mol. The molecule has 0 fully saturated rings. The molecule has 0 spiro atoms. The molecule has 1 aromatic heterocycles. The van der Waals surface area contributed by atoms with Crippen LogP contribution in [0.15, 0.2) is 54.0 Å². The van der Waals surface area contributed by atoms with E-state index in [1.54, 1.807) is 36.9 Å². The minimum Gasteiger partial charge on any atom is -0.489 e. The van der Waals surface area contributed by atoms with Crippen molar-refractivity contribution in [3.05, 3.63) is 70.7 Å². The van der Waals surface area contributed by atoms with Crippen LogP contribution in [0.4, 0.5) is 5.13 Å². The molecule has 2 aromatic carbocycles. The van der Waals surface area contributed by atoms with Crippen LogP contribution in [0.1, 0.15) is 28.4 Å². The second kappa shape index (κ2) is 10.0. The van der Waals surface area contributed by atoms with E-state index in [1.807, 2.05) is 38.1 Å². The predicted molar refractivity (Wildman–Crippen MR) is 114 cm³/mol. The lowest BCUT2D eigenvalue weighted by Gasteiger charge is -2.16. The van der Waals surface area contributed by atoms with Gasteiger partial charge in [0.05, 0.1) is 6.61 Å². The molecule has 0 aliphatic heterocycles. The number of carbonyl (C=O) groups is 1. The Morgan fingerprint density at radius 2 is 2.00 bits per heavy atom. The molecule has 1 heterocycles. The van der Waals surface area contributed by atoms with Crippen molar-refractivity contribution < 1.29 is 19.0 Å². The van der Waals surface area contributed by atoms with Crippen LogP contribution in [0.5, 0.6) is 11.5 Å². The summed E-state index contributed by atoms with van der Waals surface area (Å²) in [4.78, 5) is 16.8. The Morgan fingerprint density at radius 1 is 1.21 bits per heavy atom. The lowest BCUT2D eigenvalue weighted by Crippen LogP contribution is -2.18. The van der Waals surface area contributed by atoms with Gasteiger partial charge in [0, 0.05) is 30.3 Å². The summed E-state index contributed by atoms with van der Waals surface area (Å²) < 4.78 is 17.0. The Balaban J connectivity index is 1.81. The van der Waals surface area contributed by atoms with Gasteiger partial charge in [-0.1, -0.05) is 24.3 Å². The largest absolute Gasteiger partial charge is 0.489 e. The molecule has 152 valence electrons. The quantitative estimate of drug-likeness (QED) is 0.552. The molecule has 1 atom stereocenters. The molecular weight excluding hydrogens is 388 g/mol. The Morgan fingerprint density at radius 3 is 2.72 bits per heavy atom. The molecular formula is C22H24N2O4S. The van der Waals surface area contributed by atoms with Crippen LogP contribution in [0.2, 0.25) is 0 Å². The molecule has 3 aromatic rings. The van der Waals surface area contributed by atoms with Crippen molar-refractivity contribution in [2.75, 3.05) is 19.0 Å². The minimum absolute atomic E-state index is 0.165. The second-order valence-electron chi connectivity index (χ2n) is 6.58. The highest BCUT2D eigenvalue weighted by Crippen LogP contribution is 2.26. The lowest BCUT2D eigenvalue weighted by molar-refractivity contribution is 0.0914. The number of aromatic nitrogens is 1. The van der Waals surface area contributed by atoms with Crippen LogP contribution in [0.25, 0.3) is 0 Å². The molecule has 0 saturated heterocycles. The van der Waals surface area contributed by atoms with E-state index in [4.69, 9.17) is 14.2 Å². The van der Waals surface area contributed by atoms with Gasteiger partial charge in [-0.15, -0.1) is 11.3 Å². The molecule has 0 bridgehead atoms. The van der Waals surface area contributed by atoms with Gasteiger partial charge in [-0.25, -0.2) is 4.98 Å². The van der Waals surface area contributed by atoms with Crippen molar-refractivity contribution in [3.63, 3.8) is 0 Å².